The molecule has 4 heteroatoms. The van der Waals surface area contributed by atoms with Crippen LogP contribution in [-0.2, 0) is 13.5 Å². The summed E-state index contributed by atoms with van der Waals surface area (Å²) in [5.74, 6) is 1.39. The Morgan fingerprint density at radius 2 is 2.25 bits per heavy atom. The fourth-order valence-electron chi connectivity index (χ4n) is 1.75. The van der Waals surface area contributed by atoms with Gasteiger partial charge in [-0.2, -0.15) is 0 Å². The number of aryl methyl sites for hydroxylation is 1. The number of benzene rings is 1. The number of nitrogens with zero attached hydrogens (tertiary/aromatic N) is 3. The number of rotatable bonds is 3. The van der Waals surface area contributed by atoms with E-state index in [9.17, 15) is 0 Å². The average molecular weight is 211 g/mol. The Bertz CT molecular complexity index is 479. The second-order valence-corrected chi connectivity index (χ2v) is 4.13. The van der Waals surface area contributed by atoms with Crippen molar-refractivity contribution in [3.8, 4) is 0 Å². The first-order valence-corrected chi connectivity index (χ1v) is 5.35. The van der Waals surface area contributed by atoms with Crippen molar-refractivity contribution in [1.82, 2.24) is 14.8 Å². The van der Waals surface area contributed by atoms with Gasteiger partial charge < -0.3 is 4.57 Å². The molecular formula is C12H14BN3. The highest BCUT2D eigenvalue weighted by Gasteiger charge is 2.10. The van der Waals surface area contributed by atoms with Crippen LogP contribution in [0.1, 0.15) is 24.2 Å². The van der Waals surface area contributed by atoms with Crippen molar-refractivity contribution >= 4 is 13.3 Å². The minimum atomic E-state index is 0.395. The van der Waals surface area contributed by atoms with E-state index in [4.69, 9.17) is 7.85 Å². The van der Waals surface area contributed by atoms with E-state index in [-0.39, 0.29) is 0 Å². The summed E-state index contributed by atoms with van der Waals surface area (Å²) in [7, 11) is 7.73. The fraction of sp³-hybridized carbons (Fsp3) is 0.333. The van der Waals surface area contributed by atoms with Crippen LogP contribution in [0.15, 0.2) is 30.6 Å². The molecule has 0 spiro atoms. The third kappa shape index (κ3) is 2.32. The highest BCUT2D eigenvalue weighted by atomic mass is 15.2. The smallest absolute Gasteiger partial charge is 0.133 e. The van der Waals surface area contributed by atoms with Gasteiger partial charge in [0.15, 0.2) is 0 Å². The van der Waals surface area contributed by atoms with Crippen LogP contribution in [0, 0.1) is 0 Å². The van der Waals surface area contributed by atoms with Crippen LogP contribution in [0.5, 0.6) is 0 Å². The minimum absolute atomic E-state index is 0.395. The van der Waals surface area contributed by atoms with E-state index in [1.54, 1.807) is 6.33 Å². The summed E-state index contributed by atoms with van der Waals surface area (Å²) in [6, 6.07) is 7.99. The van der Waals surface area contributed by atoms with E-state index in [1.165, 1.54) is 5.56 Å². The lowest BCUT2D eigenvalue weighted by atomic mass is 9.89. The van der Waals surface area contributed by atoms with Gasteiger partial charge in [0.05, 0.1) is 0 Å². The largest absolute Gasteiger partial charge is 0.321 e. The zero-order valence-corrected chi connectivity index (χ0v) is 9.59. The van der Waals surface area contributed by atoms with Gasteiger partial charge in [0.2, 0.25) is 0 Å². The van der Waals surface area contributed by atoms with Crippen LogP contribution in [0.3, 0.4) is 0 Å². The monoisotopic (exact) mass is 211 g/mol. The molecule has 2 radical (unpaired) electrons. The van der Waals surface area contributed by atoms with Gasteiger partial charge in [-0.05, 0) is 11.5 Å². The molecule has 2 aromatic rings. The molecule has 0 aliphatic carbocycles. The van der Waals surface area contributed by atoms with Gasteiger partial charge in [0.1, 0.15) is 20.0 Å². The molecule has 16 heavy (non-hydrogen) atoms. The molecule has 0 unspecified atom stereocenters. The van der Waals surface area contributed by atoms with Crippen molar-refractivity contribution in [2.24, 2.45) is 7.05 Å². The maximum Gasteiger partial charge on any atom is 0.133 e. The molecule has 1 aromatic carbocycles. The third-order valence-corrected chi connectivity index (χ3v) is 2.77. The lowest BCUT2D eigenvalue weighted by Crippen LogP contribution is -2.08. The van der Waals surface area contributed by atoms with Gasteiger partial charge >= 0.3 is 0 Å². The molecule has 0 saturated heterocycles. The highest BCUT2D eigenvalue weighted by Crippen LogP contribution is 2.17. The summed E-state index contributed by atoms with van der Waals surface area (Å²) in [5.41, 5.74) is 2.05. The Hall–Kier alpha value is -1.58. The van der Waals surface area contributed by atoms with Crippen LogP contribution in [0.2, 0.25) is 0 Å². The van der Waals surface area contributed by atoms with E-state index in [2.05, 4.69) is 23.2 Å². The minimum Gasteiger partial charge on any atom is -0.321 e. The van der Waals surface area contributed by atoms with E-state index in [0.29, 0.717) is 5.92 Å². The molecule has 3 nitrogen and oxygen atoms in total. The molecule has 0 fully saturated rings. The Morgan fingerprint density at radius 3 is 2.88 bits per heavy atom. The zero-order chi connectivity index (χ0) is 11.5. The quantitative estimate of drug-likeness (QED) is 0.708. The molecule has 0 aliphatic rings. The molecule has 0 saturated carbocycles. The first-order chi connectivity index (χ1) is 7.66. The predicted molar refractivity (Wildman–Crippen MR) is 65.0 cm³/mol. The molecule has 1 atom stereocenters. The summed E-state index contributed by atoms with van der Waals surface area (Å²) in [4.78, 5) is 0. The second-order valence-electron chi connectivity index (χ2n) is 4.13. The number of aromatic nitrogens is 3. The fourth-order valence-corrected chi connectivity index (χ4v) is 1.75. The summed E-state index contributed by atoms with van der Waals surface area (Å²) >= 11 is 0. The average Bonchev–Trinajstić information content (AvgIpc) is 2.64. The molecular weight excluding hydrogens is 197 g/mol. The van der Waals surface area contributed by atoms with Crippen LogP contribution in [0.4, 0.5) is 0 Å². The maximum absolute atomic E-state index is 5.77. The summed E-state index contributed by atoms with van der Waals surface area (Å²) in [5, 5.41) is 7.96. The Kier molecular flexibility index (Phi) is 3.08. The van der Waals surface area contributed by atoms with Crippen LogP contribution >= 0.6 is 0 Å². The summed E-state index contributed by atoms with van der Waals surface area (Å²) < 4.78 is 1.95. The van der Waals surface area contributed by atoms with Crippen molar-refractivity contribution in [1.29, 1.82) is 0 Å². The molecule has 0 N–H and O–H groups in total. The predicted octanol–water partition coefficient (Wildman–Crippen LogP) is 0.955. The van der Waals surface area contributed by atoms with Gasteiger partial charge in [-0.25, -0.2) is 0 Å². The van der Waals surface area contributed by atoms with Crippen LogP contribution < -0.4 is 5.46 Å². The number of hydrogen-bond acceptors (Lipinski definition) is 2. The van der Waals surface area contributed by atoms with Gasteiger partial charge in [0, 0.05) is 13.5 Å². The molecule has 0 bridgehead atoms. The van der Waals surface area contributed by atoms with Crippen LogP contribution in [-0.4, -0.2) is 22.6 Å². The highest BCUT2D eigenvalue weighted by molar-refractivity contribution is 6.32. The lowest BCUT2D eigenvalue weighted by molar-refractivity contribution is 0.681. The van der Waals surface area contributed by atoms with E-state index >= 15 is 0 Å². The van der Waals surface area contributed by atoms with Crippen LogP contribution in [0.25, 0.3) is 0 Å². The summed E-state index contributed by atoms with van der Waals surface area (Å²) in [6.07, 6.45) is 2.60. The third-order valence-electron chi connectivity index (χ3n) is 2.77. The molecule has 1 aromatic heterocycles. The molecule has 1 heterocycles. The molecule has 0 aliphatic heterocycles. The Labute approximate surface area is 96.9 Å². The van der Waals surface area contributed by atoms with Crippen molar-refractivity contribution in [2.75, 3.05) is 0 Å². The first kappa shape index (κ1) is 10.9. The second kappa shape index (κ2) is 4.52. The summed E-state index contributed by atoms with van der Waals surface area (Å²) in [6.45, 7) is 2.17. The van der Waals surface area contributed by atoms with E-state index < -0.39 is 0 Å². The molecule has 80 valence electrons. The Balaban J connectivity index is 2.14. The SMILES string of the molecule is [B]c1cccc([C@H](C)Cc2nncn2C)c1. The van der Waals surface area contributed by atoms with Gasteiger partial charge in [-0.3, -0.25) is 0 Å². The maximum atomic E-state index is 5.77. The van der Waals surface area contributed by atoms with Gasteiger partial charge in [0.25, 0.3) is 0 Å². The normalized spacial score (nSPS) is 12.6. The topological polar surface area (TPSA) is 30.7 Å². The zero-order valence-electron chi connectivity index (χ0n) is 9.59. The van der Waals surface area contributed by atoms with Gasteiger partial charge in [-0.1, -0.05) is 36.7 Å². The first-order valence-electron chi connectivity index (χ1n) is 5.35. The standard InChI is InChI=1S/C12H14BN3/c1-9(6-12-15-14-8-16(12)2)10-4-3-5-11(13)7-10/h3-5,7-9H,6H2,1-2H3/t9-/m1/s1. The van der Waals surface area contributed by atoms with Crippen molar-refractivity contribution in [3.63, 3.8) is 0 Å². The van der Waals surface area contributed by atoms with E-state index in [0.717, 1.165) is 17.7 Å². The molecule has 0 amide bonds. The van der Waals surface area contributed by atoms with Crippen molar-refractivity contribution in [2.45, 2.75) is 19.3 Å². The van der Waals surface area contributed by atoms with Gasteiger partial charge in [-0.15, -0.1) is 10.2 Å². The van der Waals surface area contributed by atoms with Crippen molar-refractivity contribution in [3.05, 3.63) is 42.0 Å². The van der Waals surface area contributed by atoms with Crippen molar-refractivity contribution < 1.29 is 0 Å². The number of hydrogen-bond donors (Lipinski definition) is 0. The molecule has 2 rings (SSSR count). The van der Waals surface area contributed by atoms with E-state index in [1.807, 2.05) is 29.8 Å². The lowest BCUT2D eigenvalue weighted by Gasteiger charge is -2.11. The Morgan fingerprint density at radius 1 is 1.44 bits per heavy atom.